The number of carboxylic acids is 1. The molecule has 1 heterocycles. The minimum absolute atomic E-state index is 0.0905. The maximum atomic E-state index is 11.5. The third-order valence-electron chi connectivity index (χ3n) is 2.50. The van der Waals surface area contributed by atoms with E-state index in [1.807, 2.05) is 0 Å². The normalized spacial score (nSPS) is 14.3. The number of halogens is 1. The first kappa shape index (κ1) is 12.9. The molecule has 2 rings (SSSR count). The molecule has 0 aliphatic rings. The number of para-hydroxylation sites is 2. The third kappa shape index (κ3) is 2.21. The van der Waals surface area contributed by atoms with Crippen LogP contribution in [0, 0.1) is 0 Å². The lowest BCUT2D eigenvalue weighted by molar-refractivity contribution is -0.139. The number of hydrogen-bond acceptors (Lipinski definition) is 3. The fraction of sp³-hybridized carbons (Fsp3) is 0.182. The molecule has 94 valence electrons. The smallest absolute Gasteiger partial charge is 0.306 e. The van der Waals surface area contributed by atoms with Crippen molar-refractivity contribution in [3.8, 4) is 0 Å². The molecular weight excluding hydrogens is 276 g/mol. The van der Waals surface area contributed by atoms with Crippen LogP contribution in [0.2, 0.25) is 0 Å². The van der Waals surface area contributed by atoms with E-state index in [-0.39, 0.29) is 5.82 Å². The van der Waals surface area contributed by atoms with E-state index in [0.717, 1.165) is 0 Å². The van der Waals surface area contributed by atoms with Gasteiger partial charge in [-0.3, -0.25) is 9.59 Å². The topological polar surface area (TPSA) is 83.0 Å². The molecule has 18 heavy (non-hydrogen) atoms. The number of fused-ring (bicyclic) bond motifs is 1. The van der Waals surface area contributed by atoms with Crippen LogP contribution >= 0.6 is 24.2 Å². The number of aliphatic carboxylic acids is 1. The fourth-order valence-electron chi connectivity index (χ4n) is 1.61. The van der Waals surface area contributed by atoms with E-state index in [2.05, 4.69) is 22.6 Å². The molecule has 0 radical (unpaired) electrons. The average Bonchev–Trinajstić information content (AvgIpc) is 2.71. The van der Waals surface area contributed by atoms with Crippen LogP contribution in [0.5, 0.6) is 0 Å². The van der Waals surface area contributed by atoms with Gasteiger partial charge in [0.05, 0.1) is 17.5 Å². The number of alkyl halides is 1. The lowest BCUT2D eigenvalue weighted by atomic mass is 10.1. The zero-order valence-electron chi connectivity index (χ0n) is 9.05. The van der Waals surface area contributed by atoms with Crippen molar-refractivity contribution in [3.63, 3.8) is 0 Å². The Kier molecular flexibility index (Phi) is 3.32. The van der Waals surface area contributed by atoms with Gasteiger partial charge in [0.2, 0.25) is 5.12 Å². The van der Waals surface area contributed by atoms with E-state index in [4.69, 9.17) is 16.7 Å². The van der Waals surface area contributed by atoms with Gasteiger partial charge in [0.15, 0.2) is 4.87 Å². The van der Waals surface area contributed by atoms with Crippen molar-refractivity contribution in [3.05, 3.63) is 30.1 Å². The highest BCUT2D eigenvalue weighted by molar-refractivity contribution is 7.97. The second kappa shape index (κ2) is 4.62. The predicted octanol–water partition coefficient (Wildman–Crippen LogP) is 1.93. The Hall–Kier alpha value is -1.53. The summed E-state index contributed by atoms with van der Waals surface area (Å²) < 4.78 is 0. The van der Waals surface area contributed by atoms with Crippen LogP contribution in [0.15, 0.2) is 24.3 Å². The zero-order chi connectivity index (χ0) is 13.3. The number of nitrogens with one attached hydrogen (secondary N) is 1. The Morgan fingerprint density at radius 1 is 1.44 bits per heavy atom. The summed E-state index contributed by atoms with van der Waals surface area (Å²) in [5.41, 5.74) is 1.29. The van der Waals surface area contributed by atoms with E-state index in [9.17, 15) is 9.59 Å². The van der Waals surface area contributed by atoms with Crippen molar-refractivity contribution in [2.75, 3.05) is 0 Å². The van der Waals surface area contributed by atoms with E-state index in [0.29, 0.717) is 11.0 Å². The quantitative estimate of drug-likeness (QED) is 0.592. The molecule has 7 heteroatoms. The summed E-state index contributed by atoms with van der Waals surface area (Å²) in [6.45, 7) is 0. The highest BCUT2D eigenvalue weighted by Crippen LogP contribution is 2.34. The summed E-state index contributed by atoms with van der Waals surface area (Å²) in [5, 5.41) is 8.06. The summed E-state index contributed by atoms with van der Waals surface area (Å²) in [4.78, 5) is 27.5. The first-order chi connectivity index (χ1) is 8.43. The molecule has 1 atom stereocenters. The monoisotopic (exact) mass is 284 g/mol. The van der Waals surface area contributed by atoms with Crippen molar-refractivity contribution in [2.24, 2.45) is 0 Å². The number of benzene rings is 1. The van der Waals surface area contributed by atoms with Gasteiger partial charge >= 0.3 is 5.97 Å². The summed E-state index contributed by atoms with van der Waals surface area (Å²) >= 11 is 9.72. The van der Waals surface area contributed by atoms with Crippen molar-refractivity contribution >= 4 is 46.3 Å². The summed E-state index contributed by atoms with van der Waals surface area (Å²) in [6.07, 6.45) is -0.587. The van der Waals surface area contributed by atoms with Crippen molar-refractivity contribution in [2.45, 2.75) is 11.3 Å². The van der Waals surface area contributed by atoms with Crippen LogP contribution in [0.25, 0.3) is 11.0 Å². The maximum absolute atomic E-state index is 11.5. The van der Waals surface area contributed by atoms with E-state index < -0.39 is 22.4 Å². The highest BCUT2D eigenvalue weighted by atomic mass is 35.5. The fourth-order valence-corrected chi connectivity index (χ4v) is 2.00. The molecule has 1 unspecified atom stereocenters. The molecule has 0 spiro atoms. The lowest BCUT2D eigenvalue weighted by Gasteiger charge is -2.18. The molecule has 1 aromatic carbocycles. The number of H-pyrrole nitrogens is 1. The van der Waals surface area contributed by atoms with E-state index in [1.165, 1.54) is 0 Å². The average molecular weight is 285 g/mol. The molecule has 0 aliphatic carbocycles. The van der Waals surface area contributed by atoms with Crippen molar-refractivity contribution < 1.29 is 14.7 Å². The number of thiol groups is 1. The van der Waals surface area contributed by atoms with Gasteiger partial charge in [-0.15, -0.1) is 24.2 Å². The number of rotatable bonds is 4. The third-order valence-corrected chi connectivity index (χ3v) is 3.50. The molecule has 0 amide bonds. The lowest BCUT2D eigenvalue weighted by Crippen LogP contribution is -2.30. The SMILES string of the molecule is O=C(O)CC(Cl)(C(=O)S)c1nc2ccccc2[nH]1. The molecule has 0 saturated carbocycles. The number of carbonyl (C=O) groups is 2. The second-order valence-electron chi connectivity index (χ2n) is 3.78. The van der Waals surface area contributed by atoms with Gasteiger partial charge in [0.25, 0.3) is 0 Å². The predicted molar refractivity (Wildman–Crippen MR) is 69.9 cm³/mol. The van der Waals surface area contributed by atoms with E-state index >= 15 is 0 Å². The molecule has 0 fully saturated rings. The number of imidazole rings is 1. The molecule has 0 saturated heterocycles. The molecule has 0 aliphatic heterocycles. The molecule has 0 bridgehead atoms. The number of carboxylic acid groups (broad SMARTS) is 1. The number of carbonyl (C=O) groups excluding carboxylic acids is 1. The summed E-state index contributed by atoms with van der Waals surface area (Å²) in [7, 11) is 0. The van der Waals surface area contributed by atoms with Gasteiger partial charge < -0.3 is 10.1 Å². The highest BCUT2D eigenvalue weighted by Gasteiger charge is 2.41. The van der Waals surface area contributed by atoms with Crippen LogP contribution < -0.4 is 0 Å². The van der Waals surface area contributed by atoms with Gasteiger partial charge in [-0.05, 0) is 12.1 Å². The molecule has 1 aromatic heterocycles. The van der Waals surface area contributed by atoms with Crippen molar-refractivity contribution in [1.82, 2.24) is 9.97 Å². The number of hydrogen-bond donors (Lipinski definition) is 3. The summed E-state index contributed by atoms with van der Waals surface area (Å²) in [6, 6.07) is 7.06. The first-order valence-corrected chi connectivity index (χ1v) is 5.85. The van der Waals surface area contributed by atoms with Crippen LogP contribution in [0.3, 0.4) is 0 Å². The van der Waals surface area contributed by atoms with Crippen LogP contribution in [0.4, 0.5) is 0 Å². The van der Waals surface area contributed by atoms with Gasteiger partial charge in [-0.25, -0.2) is 4.98 Å². The minimum atomic E-state index is -1.78. The Labute approximate surface area is 113 Å². The van der Waals surface area contributed by atoms with Crippen LogP contribution in [0.1, 0.15) is 12.2 Å². The molecule has 2 aromatic rings. The van der Waals surface area contributed by atoms with Gasteiger partial charge in [0.1, 0.15) is 5.82 Å². The largest absolute Gasteiger partial charge is 0.481 e. The minimum Gasteiger partial charge on any atom is -0.481 e. The number of aromatic nitrogens is 2. The molecule has 2 N–H and O–H groups in total. The van der Waals surface area contributed by atoms with Crippen molar-refractivity contribution in [1.29, 1.82) is 0 Å². The maximum Gasteiger partial charge on any atom is 0.306 e. The van der Waals surface area contributed by atoms with Gasteiger partial charge in [-0.1, -0.05) is 12.1 Å². The molecular formula is C11H9ClN2O3S. The summed E-state index contributed by atoms with van der Waals surface area (Å²) in [5.74, 6) is -1.11. The first-order valence-electron chi connectivity index (χ1n) is 5.03. The Morgan fingerprint density at radius 3 is 2.67 bits per heavy atom. The van der Waals surface area contributed by atoms with Gasteiger partial charge in [0, 0.05) is 0 Å². The molecule has 5 nitrogen and oxygen atoms in total. The second-order valence-corrected chi connectivity index (χ2v) is 4.83. The van der Waals surface area contributed by atoms with Crippen LogP contribution in [-0.4, -0.2) is 26.2 Å². The van der Waals surface area contributed by atoms with E-state index in [1.54, 1.807) is 24.3 Å². The van der Waals surface area contributed by atoms with Gasteiger partial charge in [-0.2, -0.15) is 0 Å². The van der Waals surface area contributed by atoms with Crippen LogP contribution in [-0.2, 0) is 14.5 Å². The number of nitrogens with zero attached hydrogens (tertiary/aromatic N) is 1. The standard InChI is InChI=1S/C11H9ClN2O3S/c12-11(10(17)18,5-8(15)16)9-13-6-3-1-2-4-7(6)14-9/h1-4H,5H2,(H,13,14)(H,15,16)(H,17,18). The Balaban J connectivity index is 2.54. The Morgan fingerprint density at radius 2 is 2.11 bits per heavy atom. The zero-order valence-corrected chi connectivity index (χ0v) is 10.7. The number of aromatic amines is 1. The Bertz CT molecular complexity index is 595.